The topological polar surface area (TPSA) is 37.8 Å². The van der Waals surface area contributed by atoms with Gasteiger partial charge in [-0.2, -0.15) is 5.10 Å². The first-order valence-electron chi connectivity index (χ1n) is 6.79. The van der Waals surface area contributed by atoms with Gasteiger partial charge in [-0.3, -0.25) is 0 Å². The first kappa shape index (κ1) is 12.6. The van der Waals surface area contributed by atoms with Gasteiger partial charge in [-0.25, -0.2) is 0 Å². The highest BCUT2D eigenvalue weighted by Gasteiger charge is 2.10. The van der Waals surface area contributed by atoms with Crippen LogP contribution in [0.4, 0.5) is 5.82 Å². The van der Waals surface area contributed by atoms with Crippen LogP contribution in [0.25, 0.3) is 10.8 Å². The zero-order valence-corrected chi connectivity index (χ0v) is 11.7. The van der Waals surface area contributed by atoms with Gasteiger partial charge in [-0.05, 0) is 19.4 Å². The Kier molecular flexibility index (Phi) is 3.33. The smallest absolute Gasteiger partial charge is 0.157 e. The molecule has 0 amide bonds. The summed E-state index contributed by atoms with van der Waals surface area (Å²) < 4.78 is 0. The average molecular weight is 263 g/mol. The molecule has 3 nitrogen and oxygen atoms in total. The van der Waals surface area contributed by atoms with Crippen LogP contribution in [-0.2, 0) is 0 Å². The van der Waals surface area contributed by atoms with E-state index in [0.717, 1.165) is 22.3 Å². The van der Waals surface area contributed by atoms with Crippen LogP contribution in [0.1, 0.15) is 24.2 Å². The maximum atomic E-state index is 4.31. The van der Waals surface area contributed by atoms with E-state index in [1.54, 1.807) is 0 Å². The van der Waals surface area contributed by atoms with Crippen molar-refractivity contribution in [3.63, 3.8) is 0 Å². The molecule has 0 bridgehead atoms. The van der Waals surface area contributed by atoms with Crippen molar-refractivity contribution >= 4 is 16.6 Å². The summed E-state index contributed by atoms with van der Waals surface area (Å²) in [5, 5.41) is 14.3. The SMILES string of the molecule is Cc1nnc(NC(C)c2ccccc2)c2ccccc12. The average Bonchev–Trinajstić information content (AvgIpc) is 2.51. The molecule has 0 saturated carbocycles. The van der Waals surface area contributed by atoms with Crippen molar-refractivity contribution in [2.45, 2.75) is 19.9 Å². The van der Waals surface area contributed by atoms with E-state index in [1.165, 1.54) is 5.56 Å². The summed E-state index contributed by atoms with van der Waals surface area (Å²) in [6, 6.07) is 18.8. The number of hydrogen-bond acceptors (Lipinski definition) is 3. The molecule has 2 aromatic carbocycles. The number of anilines is 1. The van der Waals surface area contributed by atoms with Crippen molar-refractivity contribution in [3.05, 3.63) is 65.9 Å². The summed E-state index contributed by atoms with van der Waals surface area (Å²) in [4.78, 5) is 0. The quantitative estimate of drug-likeness (QED) is 0.772. The third-order valence-electron chi connectivity index (χ3n) is 3.52. The molecule has 1 unspecified atom stereocenters. The second kappa shape index (κ2) is 5.29. The highest BCUT2D eigenvalue weighted by Crippen LogP contribution is 2.25. The maximum Gasteiger partial charge on any atom is 0.157 e. The summed E-state index contributed by atoms with van der Waals surface area (Å²) in [7, 11) is 0. The van der Waals surface area contributed by atoms with Gasteiger partial charge < -0.3 is 5.32 Å². The number of rotatable bonds is 3. The molecule has 1 aromatic heterocycles. The van der Waals surface area contributed by atoms with Crippen molar-refractivity contribution in [1.29, 1.82) is 0 Å². The van der Waals surface area contributed by atoms with Crippen LogP contribution in [0.3, 0.4) is 0 Å². The fourth-order valence-electron chi connectivity index (χ4n) is 2.37. The minimum Gasteiger partial charge on any atom is -0.362 e. The van der Waals surface area contributed by atoms with Crippen LogP contribution in [0.2, 0.25) is 0 Å². The van der Waals surface area contributed by atoms with E-state index in [1.807, 2.05) is 37.3 Å². The largest absolute Gasteiger partial charge is 0.362 e. The van der Waals surface area contributed by atoms with E-state index in [-0.39, 0.29) is 6.04 Å². The fourth-order valence-corrected chi connectivity index (χ4v) is 2.37. The second-order valence-electron chi connectivity index (χ2n) is 4.96. The second-order valence-corrected chi connectivity index (χ2v) is 4.96. The van der Waals surface area contributed by atoms with E-state index in [0.29, 0.717) is 0 Å². The van der Waals surface area contributed by atoms with E-state index < -0.39 is 0 Å². The normalized spacial score (nSPS) is 12.3. The van der Waals surface area contributed by atoms with Crippen molar-refractivity contribution in [3.8, 4) is 0 Å². The minimum absolute atomic E-state index is 0.191. The third-order valence-corrected chi connectivity index (χ3v) is 3.52. The number of benzene rings is 2. The molecule has 20 heavy (non-hydrogen) atoms. The molecular formula is C17H17N3. The van der Waals surface area contributed by atoms with Crippen molar-refractivity contribution in [1.82, 2.24) is 10.2 Å². The van der Waals surface area contributed by atoms with Gasteiger partial charge in [-0.15, -0.1) is 5.10 Å². The van der Waals surface area contributed by atoms with Crippen LogP contribution in [-0.4, -0.2) is 10.2 Å². The molecule has 0 aliphatic rings. The highest BCUT2D eigenvalue weighted by atomic mass is 15.2. The lowest BCUT2D eigenvalue weighted by atomic mass is 10.1. The molecule has 100 valence electrons. The predicted molar refractivity (Wildman–Crippen MR) is 82.8 cm³/mol. The highest BCUT2D eigenvalue weighted by molar-refractivity contribution is 5.92. The van der Waals surface area contributed by atoms with Crippen LogP contribution in [0, 0.1) is 6.92 Å². The molecule has 0 aliphatic heterocycles. The Balaban J connectivity index is 1.97. The van der Waals surface area contributed by atoms with E-state index in [9.17, 15) is 0 Å². The first-order valence-corrected chi connectivity index (χ1v) is 6.79. The molecule has 3 rings (SSSR count). The number of fused-ring (bicyclic) bond motifs is 1. The molecule has 0 fully saturated rings. The molecule has 1 atom stereocenters. The standard InChI is InChI=1S/C17H17N3/c1-12(14-8-4-3-5-9-14)18-17-16-11-7-6-10-15(16)13(2)19-20-17/h3-12H,1-2H3,(H,18,20). The molecule has 0 spiro atoms. The molecular weight excluding hydrogens is 246 g/mol. The lowest BCUT2D eigenvalue weighted by Crippen LogP contribution is -2.09. The summed E-state index contributed by atoms with van der Waals surface area (Å²) in [6.07, 6.45) is 0. The Bertz CT molecular complexity index is 723. The van der Waals surface area contributed by atoms with Gasteiger partial charge >= 0.3 is 0 Å². The zero-order chi connectivity index (χ0) is 13.9. The number of nitrogens with one attached hydrogen (secondary N) is 1. The molecule has 1 heterocycles. The van der Waals surface area contributed by atoms with Gasteiger partial charge in [0.25, 0.3) is 0 Å². The molecule has 3 aromatic rings. The molecule has 1 N–H and O–H groups in total. The van der Waals surface area contributed by atoms with Gasteiger partial charge in [-0.1, -0.05) is 54.6 Å². The van der Waals surface area contributed by atoms with E-state index >= 15 is 0 Å². The Morgan fingerprint density at radius 2 is 1.50 bits per heavy atom. The van der Waals surface area contributed by atoms with Gasteiger partial charge in [0.05, 0.1) is 11.7 Å². The summed E-state index contributed by atoms with van der Waals surface area (Å²) in [6.45, 7) is 4.12. The third kappa shape index (κ3) is 2.35. The van der Waals surface area contributed by atoms with Crippen LogP contribution in [0.15, 0.2) is 54.6 Å². The van der Waals surface area contributed by atoms with Crippen LogP contribution >= 0.6 is 0 Å². The Labute approximate surface area is 118 Å². The minimum atomic E-state index is 0.191. The van der Waals surface area contributed by atoms with E-state index in [4.69, 9.17) is 0 Å². The monoisotopic (exact) mass is 263 g/mol. The summed E-state index contributed by atoms with van der Waals surface area (Å²) >= 11 is 0. The van der Waals surface area contributed by atoms with Crippen LogP contribution in [0.5, 0.6) is 0 Å². The lowest BCUT2D eigenvalue weighted by molar-refractivity contribution is 0.862. The van der Waals surface area contributed by atoms with Gasteiger partial charge in [0.2, 0.25) is 0 Å². The Morgan fingerprint density at radius 3 is 2.25 bits per heavy atom. The lowest BCUT2D eigenvalue weighted by Gasteiger charge is -2.16. The van der Waals surface area contributed by atoms with Gasteiger partial charge in [0, 0.05) is 10.8 Å². The molecule has 0 aliphatic carbocycles. The number of nitrogens with zero attached hydrogens (tertiary/aromatic N) is 2. The van der Waals surface area contributed by atoms with Crippen LogP contribution < -0.4 is 5.32 Å². The van der Waals surface area contributed by atoms with Crippen molar-refractivity contribution < 1.29 is 0 Å². The summed E-state index contributed by atoms with van der Waals surface area (Å²) in [5.41, 5.74) is 2.19. The maximum absolute atomic E-state index is 4.31. The number of aryl methyl sites for hydroxylation is 1. The first-order chi connectivity index (χ1) is 9.75. The van der Waals surface area contributed by atoms with Crippen molar-refractivity contribution in [2.24, 2.45) is 0 Å². The number of aromatic nitrogens is 2. The Morgan fingerprint density at radius 1 is 0.850 bits per heavy atom. The van der Waals surface area contributed by atoms with Crippen molar-refractivity contribution in [2.75, 3.05) is 5.32 Å². The number of hydrogen-bond donors (Lipinski definition) is 1. The Hall–Kier alpha value is -2.42. The molecule has 3 heteroatoms. The molecule has 0 radical (unpaired) electrons. The molecule has 0 saturated heterocycles. The fraction of sp³-hybridized carbons (Fsp3) is 0.176. The van der Waals surface area contributed by atoms with Gasteiger partial charge in [0.1, 0.15) is 0 Å². The predicted octanol–water partition coefficient (Wildman–Crippen LogP) is 4.11. The van der Waals surface area contributed by atoms with Gasteiger partial charge in [0.15, 0.2) is 5.82 Å². The van der Waals surface area contributed by atoms with E-state index in [2.05, 4.69) is 46.7 Å². The summed E-state index contributed by atoms with van der Waals surface area (Å²) in [5.74, 6) is 0.836. The zero-order valence-electron chi connectivity index (χ0n) is 11.7.